The molecule has 2 heterocycles. The standard InChI is InChI=1S/C20H12F6N4OS.C2HF3O2/c21-19(22,23)12-5-3-4-11(17(12)20(24,25)26)8-16(31)29-30-15-7-2-1-6-13(15)28-18(30)14-9-32-10-27-14;3-2(4,5)1(6)7/h1-7,9-10H,8H2,(H,29,31);(H,6,7)/p+1. The third-order valence-corrected chi connectivity index (χ3v) is 5.45. The topological polar surface area (TPSA) is 99.0 Å². The summed E-state index contributed by atoms with van der Waals surface area (Å²) in [5.41, 5.74) is 1.14. The molecule has 0 atom stereocenters. The maximum atomic E-state index is 13.5. The molecule has 0 aliphatic carbocycles. The number of nitrogens with zero attached hydrogens (tertiary/aromatic N) is 2. The lowest BCUT2D eigenvalue weighted by atomic mass is 9.97. The van der Waals surface area contributed by atoms with Gasteiger partial charge in [-0.05, 0) is 23.8 Å². The average Bonchev–Trinajstić information content (AvgIpc) is 3.46. The molecule has 39 heavy (non-hydrogen) atoms. The monoisotopic (exact) mass is 585 g/mol. The second-order valence-electron chi connectivity index (χ2n) is 7.55. The lowest BCUT2D eigenvalue weighted by Crippen LogP contribution is -2.50. The van der Waals surface area contributed by atoms with Crippen LogP contribution in [0.3, 0.4) is 0 Å². The second-order valence-corrected chi connectivity index (χ2v) is 8.27. The quantitative estimate of drug-likeness (QED) is 0.216. The van der Waals surface area contributed by atoms with Gasteiger partial charge in [0.25, 0.3) is 5.91 Å². The fourth-order valence-corrected chi connectivity index (χ4v) is 3.89. The minimum Gasteiger partial charge on any atom is -0.475 e. The molecule has 0 radical (unpaired) electrons. The Bertz CT molecular complexity index is 1480. The predicted octanol–water partition coefficient (Wildman–Crippen LogP) is 5.56. The number of thiazole rings is 1. The molecule has 208 valence electrons. The number of carbonyl (C=O) groups is 2. The van der Waals surface area contributed by atoms with Gasteiger partial charge in [0.15, 0.2) is 11.2 Å². The number of nitrogens with one attached hydrogen (secondary N) is 2. The third kappa shape index (κ3) is 7.04. The number of hydrogen-bond acceptors (Lipinski definition) is 4. The number of imidazole rings is 1. The van der Waals surface area contributed by atoms with Crippen LogP contribution >= 0.6 is 11.3 Å². The van der Waals surface area contributed by atoms with Crippen molar-refractivity contribution < 1.29 is 58.9 Å². The summed E-state index contributed by atoms with van der Waals surface area (Å²) in [6, 6.07) is 8.88. The van der Waals surface area contributed by atoms with Crippen LogP contribution in [0.25, 0.3) is 22.6 Å². The van der Waals surface area contributed by atoms with Gasteiger partial charge in [-0.2, -0.15) is 44.9 Å². The lowest BCUT2D eigenvalue weighted by Gasteiger charge is -2.18. The Morgan fingerprint density at radius 3 is 2.13 bits per heavy atom. The van der Waals surface area contributed by atoms with Crippen molar-refractivity contribution in [3.05, 3.63) is 70.0 Å². The Morgan fingerprint density at radius 1 is 0.949 bits per heavy atom. The van der Waals surface area contributed by atoms with Crippen LogP contribution in [-0.2, 0) is 28.4 Å². The van der Waals surface area contributed by atoms with E-state index in [0.717, 1.165) is 12.1 Å². The summed E-state index contributed by atoms with van der Waals surface area (Å²) in [6.45, 7) is 0. The maximum Gasteiger partial charge on any atom is 0.490 e. The molecule has 0 saturated carbocycles. The molecule has 0 unspecified atom stereocenters. The number of rotatable bonds is 4. The average molecular weight is 585 g/mol. The van der Waals surface area contributed by atoms with Gasteiger partial charge in [-0.15, -0.1) is 16.0 Å². The molecule has 3 N–H and O–H groups in total. The van der Waals surface area contributed by atoms with Crippen LogP contribution in [0, 0.1) is 0 Å². The molecule has 0 aliphatic heterocycles. The van der Waals surface area contributed by atoms with Crippen LogP contribution in [0.15, 0.2) is 53.4 Å². The van der Waals surface area contributed by atoms with Crippen molar-refractivity contribution in [2.24, 2.45) is 0 Å². The molecule has 17 heteroatoms. The largest absolute Gasteiger partial charge is 0.490 e. The zero-order chi connectivity index (χ0) is 29.2. The summed E-state index contributed by atoms with van der Waals surface area (Å²) in [5.74, 6) is -3.32. The van der Waals surface area contributed by atoms with Gasteiger partial charge in [0, 0.05) is 5.38 Å². The highest BCUT2D eigenvalue weighted by Crippen LogP contribution is 2.42. The molecular weight excluding hydrogens is 571 g/mol. The zero-order valence-electron chi connectivity index (χ0n) is 18.9. The van der Waals surface area contributed by atoms with Crippen LogP contribution in [0.5, 0.6) is 0 Å². The Kier molecular flexibility index (Phi) is 8.23. The van der Waals surface area contributed by atoms with Gasteiger partial charge in [-0.1, -0.05) is 24.3 Å². The van der Waals surface area contributed by atoms with Crippen molar-refractivity contribution in [3.8, 4) is 11.5 Å². The number of benzene rings is 2. The molecule has 0 spiro atoms. The first-order chi connectivity index (χ1) is 18.0. The summed E-state index contributed by atoms with van der Waals surface area (Å²) in [6.07, 6.45) is -16.5. The number of H-pyrrole nitrogens is 1. The number of halogens is 9. The van der Waals surface area contributed by atoms with Crippen molar-refractivity contribution in [1.29, 1.82) is 0 Å². The second kappa shape index (κ2) is 10.9. The molecule has 0 fully saturated rings. The van der Waals surface area contributed by atoms with Gasteiger partial charge < -0.3 is 5.11 Å². The molecule has 0 aliphatic rings. The first kappa shape index (κ1) is 29.4. The van der Waals surface area contributed by atoms with Crippen LogP contribution in [0.1, 0.15) is 16.7 Å². The third-order valence-electron chi connectivity index (χ3n) is 4.87. The van der Waals surface area contributed by atoms with Gasteiger partial charge in [0.05, 0.1) is 23.1 Å². The Hall–Kier alpha value is -4.15. The summed E-state index contributed by atoms with van der Waals surface area (Å²) in [4.78, 5) is 28.8. The number of alkyl halides is 9. The molecule has 0 bridgehead atoms. The van der Waals surface area contributed by atoms with Gasteiger partial charge in [-0.3, -0.25) is 4.79 Å². The van der Waals surface area contributed by atoms with Gasteiger partial charge >= 0.3 is 30.3 Å². The van der Waals surface area contributed by atoms with E-state index in [1.165, 1.54) is 16.0 Å². The van der Waals surface area contributed by atoms with Gasteiger partial charge in [-0.25, -0.2) is 14.8 Å². The number of aromatic nitrogens is 3. The Morgan fingerprint density at radius 2 is 1.59 bits per heavy atom. The number of amides is 1. The van der Waals surface area contributed by atoms with E-state index < -0.39 is 53.5 Å². The maximum absolute atomic E-state index is 13.5. The van der Waals surface area contributed by atoms with Crippen LogP contribution in [0.4, 0.5) is 39.5 Å². The fourth-order valence-electron chi connectivity index (χ4n) is 3.36. The van der Waals surface area contributed by atoms with Crippen LogP contribution < -0.4 is 10.1 Å². The van der Waals surface area contributed by atoms with E-state index in [-0.39, 0.29) is 0 Å². The van der Waals surface area contributed by atoms with Crippen molar-refractivity contribution in [3.63, 3.8) is 0 Å². The highest BCUT2D eigenvalue weighted by molar-refractivity contribution is 7.07. The SMILES string of the molecule is O=C(Cc1cccc(C(F)(F)F)c1C(F)(F)F)N[n+]1c(-c2cscn2)[nH]c2ccccc21.O=C(O)C(F)(F)F. The zero-order valence-corrected chi connectivity index (χ0v) is 19.7. The molecule has 0 saturated heterocycles. The summed E-state index contributed by atoms with van der Waals surface area (Å²) < 4.78 is 113. The number of carbonyl (C=O) groups excluding carboxylic acids is 1. The molecular formula is C22H14F9N4O3S+. The summed E-state index contributed by atoms with van der Waals surface area (Å²) in [7, 11) is 0. The number of para-hydroxylation sites is 2. The van der Waals surface area contributed by atoms with E-state index in [9.17, 15) is 44.3 Å². The van der Waals surface area contributed by atoms with Crippen molar-refractivity contribution in [1.82, 2.24) is 9.97 Å². The minimum atomic E-state index is -5.29. The predicted molar refractivity (Wildman–Crippen MR) is 118 cm³/mol. The first-order valence-electron chi connectivity index (χ1n) is 10.3. The van der Waals surface area contributed by atoms with E-state index in [1.807, 2.05) is 0 Å². The van der Waals surface area contributed by atoms with Gasteiger partial charge in [0.2, 0.25) is 5.52 Å². The number of carboxylic acids is 1. The lowest BCUT2D eigenvalue weighted by molar-refractivity contribution is -0.603. The minimum absolute atomic E-state index is 0.346. The van der Waals surface area contributed by atoms with Crippen molar-refractivity contribution in [2.75, 3.05) is 5.43 Å². The van der Waals surface area contributed by atoms with E-state index in [0.29, 0.717) is 28.6 Å². The van der Waals surface area contributed by atoms with E-state index >= 15 is 0 Å². The number of hydrogen-bond donors (Lipinski definition) is 3. The number of aliphatic carboxylic acids is 1. The normalized spacial score (nSPS) is 12.1. The first-order valence-corrected chi connectivity index (χ1v) is 11.2. The smallest absolute Gasteiger partial charge is 0.475 e. The van der Waals surface area contributed by atoms with E-state index in [1.54, 1.807) is 35.2 Å². The van der Waals surface area contributed by atoms with E-state index in [4.69, 9.17) is 9.90 Å². The number of fused-ring (bicyclic) bond motifs is 1. The van der Waals surface area contributed by atoms with Gasteiger partial charge in [0.1, 0.15) is 0 Å². The number of carboxylic acid groups (broad SMARTS) is 1. The Labute approximate surface area is 215 Å². The Balaban J connectivity index is 0.000000532. The summed E-state index contributed by atoms with van der Waals surface area (Å²) in [5, 5.41) is 8.82. The van der Waals surface area contributed by atoms with Crippen molar-refractivity contribution >= 4 is 34.2 Å². The molecule has 2 aromatic carbocycles. The van der Waals surface area contributed by atoms with Crippen LogP contribution in [-0.4, -0.2) is 33.1 Å². The van der Waals surface area contributed by atoms with Crippen LogP contribution in [0.2, 0.25) is 0 Å². The molecule has 4 aromatic rings. The van der Waals surface area contributed by atoms with Crippen molar-refractivity contribution in [2.45, 2.75) is 24.9 Å². The molecule has 1 amide bonds. The highest BCUT2D eigenvalue weighted by Gasteiger charge is 2.45. The van der Waals surface area contributed by atoms with E-state index in [2.05, 4.69) is 15.4 Å². The molecule has 2 aromatic heterocycles. The number of aromatic amines is 1. The summed E-state index contributed by atoms with van der Waals surface area (Å²) >= 11 is 1.29. The fraction of sp³-hybridized carbons (Fsp3) is 0.182. The molecule has 4 rings (SSSR count). The highest BCUT2D eigenvalue weighted by atomic mass is 32.1. The molecule has 7 nitrogen and oxygen atoms in total.